The van der Waals surface area contributed by atoms with E-state index in [1.807, 2.05) is 12.1 Å². The number of benzene rings is 1. The van der Waals surface area contributed by atoms with E-state index in [1.54, 1.807) is 0 Å². The fraction of sp³-hybridized carbons (Fsp3) is 0.533. The molecule has 0 spiro atoms. The highest BCUT2D eigenvalue weighted by molar-refractivity contribution is 5.73. The molecule has 0 radical (unpaired) electrons. The molecule has 1 aromatic carbocycles. The molecule has 0 saturated heterocycles. The van der Waals surface area contributed by atoms with Gasteiger partial charge in [0, 0.05) is 12.1 Å². The van der Waals surface area contributed by atoms with Gasteiger partial charge in [-0.2, -0.15) is 0 Å². The molecule has 0 aliphatic heterocycles. The number of aryl methyl sites for hydroxylation is 1. The van der Waals surface area contributed by atoms with Crippen LogP contribution in [-0.4, -0.2) is 19.1 Å². The zero-order chi connectivity index (χ0) is 14.3. The number of hydrogen-bond acceptors (Lipinski definition) is 3. The van der Waals surface area contributed by atoms with Crippen LogP contribution in [0.4, 0.5) is 0 Å². The Hall–Kier alpha value is -1.55. The van der Waals surface area contributed by atoms with Crippen molar-refractivity contribution in [2.24, 2.45) is 11.7 Å². The highest BCUT2D eigenvalue weighted by atomic mass is 16.5. The predicted molar refractivity (Wildman–Crippen MR) is 77.0 cm³/mol. The second kappa shape index (κ2) is 7.79. The molecular weight excluding hydrogens is 240 g/mol. The standard InChI is InChI=1S/C15H24N2O2/c1-11(2)9-17-10-13-8-12(3)4-5-14(13)19-7-6-15(16)18/h4-5,8,11,17H,6-7,9-10H2,1-3H3,(H2,16,18). The normalized spacial score (nSPS) is 10.7. The number of rotatable bonds is 8. The molecule has 3 N–H and O–H groups in total. The van der Waals surface area contributed by atoms with Gasteiger partial charge in [-0.1, -0.05) is 31.5 Å². The van der Waals surface area contributed by atoms with E-state index >= 15 is 0 Å². The van der Waals surface area contributed by atoms with Gasteiger partial charge in [0.1, 0.15) is 5.75 Å². The van der Waals surface area contributed by atoms with E-state index in [0.29, 0.717) is 12.5 Å². The molecule has 0 bridgehead atoms. The molecule has 0 aliphatic carbocycles. The SMILES string of the molecule is Cc1ccc(OCCC(N)=O)c(CNCC(C)C)c1. The zero-order valence-corrected chi connectivity index (χ0v) is 12.0. The van der Waals surface area contributed by atoms with Crippen LogP contribution in [-0.2, 0) is 11.3 Å². The maximum atomic E-state index is 10.7. The Morgan fingerprint density at radius 3 is 2.79 bits per heavy atom. The maximum absolute atomic E-state index is 10.7. The van der Waals surface area contributed by atoms with Gasteiger partial charge in [0.15, 0.2) is 0 Å². The van der Waals surface area contributed by atoms with Crippen LogP contribution >= 0.6 is 0 Å². The Kier molecular flexibility index (Phi) is 6.36. The second-order valence-corrected chi connectivity index (χ2v) is 5.20. The molecule has 1 aromatic rings. The molecule has 0 atom stereocenters. The summed E-state index contributed by atoms with van der Waals surface area (Å²) >= 11 is 0. The van der Waals surface area contributed by atoms with Crippen LogP contribution in [0.15, 0.2) is 18.2 Å². The largest absolute Gasteiger partial charge is 0.493 e. The summed E-state index contributed by atoms with van der Waals surface area (Å²) in [7, 11) is 0. The summed E-state index contributed by atoms with van der Waals surface area (Å²) < 4.78 is 5.62. The first-order chi connectivity index (χ1) is 8.99. The Morgan fingerprint density at radius 1 is 1.42 bits per heavy atom. The molecule has 0 unspecified atom stereocenters. The maximum Gasteiger partial charge on any atom is 0.220 e. The first-order valence-electron chi connectivity index (χ1n) is 6.70. The lowest BCUT2D eigenvalue weighted by atomic mass is 10.1. The lowest BCUT2D eigenvalue weighted by Gasteiger charge is -2.13. The molecule has 4 nitrogen and oxygen atoms in total. The van der Waals surface area contributed by atoms with Crippen molar-refractivity contribution < 1.29 is 9.53 Å². The summed E-state index contributed by atoms with van der Waals surface area (Å²) in [4.78, 5) is 10.7. The Labute approximate surface area is 115 Å². The van der Waals surface area contributed by atoms with Gasteiger partial charge in [0.05, 0.1) is 13.0 Å². The van der Waals surface area contributed by atoms with Crippen molar-refractivity contribution in [2.75, 3.05) is 13.2 Å². The average molecular weight is 264 g/mol. The first-order valence-corrected chi connectivity index (χ1v) is 6.70. The van der Waals surface area contributed by atoms with Crippen LogP contribution in [0.1, 0.15) is 31.4 Å². The van der Waals surface area contributed by atoms with Crippen LogP contribution in [0.25, 0.3) is 0 Å². The summed E-state index contributed by atoms with van der Waals surface area (Å²) in [5.74, 6) is 1.10. The van der Waals surface area contributed by atoms with Crippen molar-refractivity contribution in [3.8, 4) is 5.75 Å². The summed E-state index contributed by atoms with van der Waals surface area (Å²) in [5, 5.41) is 3.40. The fourth-order valence-corrected chi connectivity index (χ4v) is 1.74. The number of nitrogens with one attached hydrogen (secondary N) is 1. The van der Waals surface area contributed by atoms with Crippen molar-refractivity contribution in [3.05, 3.63) is 29.3 Å². The van der Waals surface area contributed by atoms with Crippen LogP contribution in [0.5, 0.6) is 5.75 Å². The molecule has 19 heavy (non-hydrogen) atoms. The van der Waals surface area contributed by atoms with E-state index in [1.165, 1.54) is 5.56 Å². The van der Waals surface area contributed by atoms with Gasteiger partial charge in [0.2, 0.25) is 5.91 Å². The monoisotopic (exact) mass is 264 g/mol. The smallest absolute Gasteiger partial charge is 0.220 e. The van der Waals surface area contributed by atoms with Crippen molar-refractivity contribution in [1.82, 2.24) is 5.32 Å². The van der Waals surface area contributed by atoms with Crippen LogP contribution < -0.4 is 15.8 Å². The number of ether oxygens (including phenoxy) is 1. The van der Waals surface area contributed by atoms with Gasteiger partial charge >= 0.3 is 0 Å². The van der Waals surface area contributed by atoms with E-state index in [0.717, 1.165) is 24.4 Å². The average Bonchev–Trinajstić information content (AvgIpc) is 2.31. The molecule has 0 heterocycles. The number of hydrogen-bond donors (Lipinski definition) is 2. The topological polar surface area (TPSA) is 64.3 Å². The van der Waals surface area contributed by atoms with E-state index in [4.69, 9.17) is 10.5 Å². The summed E-state index contributed by atoms with van der Waals surface area (Å²) in [6.07, 6.45) is 0.243. The highest BCUT2D eigenvalue weighted by Crippen LogP contribution is 2.20. The number of carbonyl (C=O) groups excluding carboxylic acids is 1. The van der Waals surface area contributed by atoms with Crippen LogP contribution in [0.3, 0.4) is 0 Å². The van der Waals surface area contributed by atoms with E-state index < -0.39 is 0 Å². The van der Waals surface area contributed by atoms with Crippen LogP contribution in [0.2, 0.25) is 0 Å². The number of nitrogens with two attached hydrogens (primary N) is 1. The summed E-state index contributed by atoms with van der Waals surface area (Å²) in [5.41, 5.74) is 7.41. The van der Waals surface area contributed by atoms with Gasteiger partial charge in [0.25, 0.3) is 0 Å². The van der Waals surface area contributed by atoms with Gasteiger partial charge < -0.3 is 15.8 Å². The number of primary amides is 1. The third-order valence-electron chi connectivity index (χ3n) is 2.69. The van der Waals surface area contributed by atoms with Crippen molar-refractivity contribution >= 4 is 5.91 Å². The minimum atomic E-state index is -0.341. The number of amides is 1. The lowest BCUT2D eigenvalue weighted by molar-refractivity contribution is -0.118. The zero-order valence-electron chi connectivity index (χ0n) is 12.0. The molecule has 1 rings (SSSR count). The third kappa shape index (κ3) is 6.25. The minimum absolute atomic E-state index is 0.243. The molecule has 0 saturated carbocycles. The second-order valence-electron chi connectivity index (χ2n) is 5.20. The summed E-state index contributed by atoms with van der Waals surface area (Å²) in [6.45, 7) is 8.47. The molecule has 0 aliphatic rings. The highest BCUT2D eigenvalue weighted by Gasteiger charge is 2.05. The van der Waals surface area contributed by atoms with Gasteiger partial charge in [-0.3, -0.25) is 4.79 Å². The van der Waals surface area contributed by atoms with E-state index in [-0.39, 0.29) is 12.3 Å². The Morgan fingerprint density at radius 2 is 2.16 bits per heavy atom. The van der Waals surface area contributed by atoms with Gasteiger partial charge in [-0.25, -0.2) is 0 Å². The van der Waals surface area contributed by atoms with Crippen molar-refractivity contribution in [3.63, 3.8) is 0 Å². The molecule has 4 heteroatoms. The summed E-state index contributed by atoms with van der Waals surface area (Å²) in [6, 6.07) is 6.06. The third-order valence-corrected chi connectivity index (χ3v) is 2.69. The first kappa shape index (κ1) is 15.5. The van der Waals surface area contributed by atoms with Gasteiger partial charge in [-0.05, 0) is 25.5 Å². The molecular formula is C15H24N2O2. The lowest BCUT2D eigenvalue weighted by Crippen LogP contribution is -2.20. The fourth-order valence-electron chi connectivity index (χ4n) is 1.74. The van der Waals surface area contributed by atoms with Crippen LogP contribution in [0, 0.1) is 12.8 Å². The van der Waals surface area contributed by atoms with E-state index in [9.17, 15) is 4.79 Å². The molecule has 0 fully saturated rings. The quantitative estimate of drug-likeness (QED) is 0.754. The van der Waals surface area contributed by atoms with Crippen molar-refractivity contribution in [1.29, 1.82) is 0 Å². The molecule has 1 amide bonds. The van der Waals surface area contributed by atoms with Gasteiger partial charge in [-0.15, -0.1) is 0 Å². The Bertz CT molecular complexity index is 417. The minimum Gasteiger partial charge on any atom is -0.493 e. The number of carbonyl (C=O) groups is 1. The predicted octanol–water partition coefficient (Wildman–Crippen LogP) is 1.99. The molecule has 106 valence electrons. The Balaban J connectivity index is 2.60. The molecule has 0 aromatic heterocycles. The van der Waals surface area contributed by atoms with E-state index in [2.05, 4.69) is 32.2 Å². The van der Waals surface area contributed by atoms with Crippen molar-refractivity contribution in [2.45, 2.75) is 33.7 Å².